The fraction of sp³-hybridized carbons (Fsp3) is 0.174. The molecule has 3 aromatic rings. The Morgan fingerprint density at radius 1 is 0.968 bits per heavy atom. The van der Waals surface area contributed by atoms with Crippen molar-refractivity contribution in [3.63, 3.8) is 0 Å². The lowest BCUT2D eigenvalue weighted by Gasteiger charge is -2.26. The Labute approximate surface area is 181 Å². The molecule has 0 saturated heterocycles. The molecule has 0 fully saturated rings. The number of para-hydroxylation sites is 1. The van der Waals surface area contributed by atoms with Crippen molar-refractivity contribution in [1.82, 2.24) is 0 Å². The fourth-order valence-corrected chi connectivity index (χ4v) is 4.58. The van der Waals surface area contributed by atoms with Gasteiger partial charge in [-0.1, -0.05) is 32.0 Å². The number of nitrogens with zero attached hydrogens (tertiary/aromatic N) is 1. The maximum atomic E-state index is 13.4. The van der Waals surface area contributed by atoms with Gasteiger partial charge in [-0.25, -0.2) is 13.2 Å². The van der Waals surface area contributed by atoms with Gasteiger partial charge in [-0.05, 0) is 54.4 Å². The average Bonchev–Trinajstić information content (AvgIpc) is 2.72. The zero-order chi connectivity index (χ0) is 22.6. The third-order valence-corrected chi connectivity index (χ3v) is 6.23. The number of carbonyl (C=O) groups is 1. The summed E-state index contributed by atoms with van der Waals surface area (Å²) in [7, 11) is -3.97. The number of phenols is 1. The summed E-state index contributed by atoms with van der Waals surface area (Å²) in [6.45, 7) is 3.88. The topological polar surface area (TPSA) is 104 Å². The summed E-state index contributed by atoms with van der Waals surface area (Å²) in [6.07, 6.45) is 0. The van der Waals surface area contributed by atoms with E-state index in [2.05, 4.69) is 0 Å². The molecule has 3 rings (SSSR count). The maximum Gasteiger partial charge on any atom is 0.339 e. The summed E-state index contributed by atoms with van der Waals surface area (Å²) in [5.41, 5.74) is -0.117. The maximum absolute atomic E-state index is 13.4. The molecule has 0 radical (unpaired) electrons. The van der Waals surface area contributed by atoms with Crippen LogP contribution in [0.5, 0.6) is 17.2 Å². The van der Waals surface area contributed by atoms with Crippen LogP contribution in [0.15, 0.2) is 77.7 Å². The molecule has 0 aliphatic rings. The molecule has 2 N–H and O–H groups in total. The van der Waals surface area contributed by atoms with Crippen LogP contribution in [0.3, 0.4) is 0 Å². The van der Waals surface area contributed by atoms with Gasteiger partial charge < -0.3 is 14.9 Å². The summed E-state index contributed by atoms with van der Waals surface area (Å²) in [6, 6.07) is 18.9. The molecule has 0 aliphatic carbocycles. The van der Waals surface area contributed by atoms with Gasteiger partial charge in [0.2, 0.25) is 0 Å². The molecule has 0 bridgehead atoms. The molecule has 0 heterocycles. The molecule has 0 unspecified atom stereocenters. The van der Waals surface area contributed by atoms with Gasteiger partial charge in [0.25, 0.3) is 10.0 Å². The Hall–Kier alpha value is -3.52. The summed E-state index contributed by atoms with van der Waals surface area (Å²) in [4.78, 5) is 11.2. The number of carboxylic acids is 1. The Balaban J connectivity index is 1.93. The molecule has 8 heteroatoms. The predicted octanol–water partition coefficient (Wildman–Crippen LogP) is 4.73. The van der Waals surface area contributed by atoms with E-state index in [1.165, 1.54) is 24.3 Å². The number of sulfonamides is 1. The Morgan fingerprint density at radius 2 is 1.58 bits per heavy atom. The number of carboxylic acid groups (broad SMARTS) is 1. The first kappa shape index (κ1) is 22.2. The van der Waals surface area contributed by atoms with Crippen LogP contribution in [0.2, 0.25) is 0 Å². The van der Waals surface area contributed by atoms with Gasteiger partial charge >= 0.3 is 5.97 Å². The van der Waals surface area contributed by atoms with Crippen LogP contribution in [-0.4, -0.2) is 31.1 Å². The Kier molecular flexibility index (Phi) is 6.50. The van der Waals surface area contributed by atoms with Crippen molar-refractivity contribution in [2.24, 2.45) is 5.92 Å². The Bertz CT molecular complexity index is 1160. The first-order valence-corrected chi connectivity index (χ1v) is 11.0. The van der Waals surface area contributed by atoms with Gasteiger partial charge in [-0.15, -0.1) is 0 Å². The van der Waals surface area contributed by atoms with Crippen molar-refractivity contribution in [3.05, 3.63) is 78.4 Å². The number of benzene rings is 3. The third-order valence-electron chi connectivity index (χ3n) is 4.42. The predicted molar refractivity (Wildman–Crippen MR) is 117 cm³/mol. The lowest BCUT2D eigenvalue weighted by molar-refractivity contribution is 0.0693. The molecule has 0 spiro atoms. The monoisotopic (exact) mass is 441 g/mol. The second-order valence-corrected chi connectivity index (χ2v) is 9.19. The van der Waals surface area contributed by atoms with E-state index in [9.17, 15) is 18.3 Å². The van der Waals surface area contributed by atoms with E-state index in [0.717, 1.165) is 10.4 Å². The highest BCUT2D eigenvalue weighted by Gasteiger charge is 2.27. The molecule has 3 aromatic carbocycles. The summed E-state index contributed by atoms with van der Waals surface area (Å²) >= 11 is 0. The van der Waals surface area contributed by atoms with Crippen molar-refractivity contribution in [2.75, 3.05) is 10.8 Å². The number of aromatic carboxylic acids is 1. The number of hydrogen-bond donors (Lipinski definition) is 2. The minimum absolute atomic E-state index is 0.0169. The van der Waals surface area contributed by atoms with Gasteiger partial charge in [-0.2, -0.15) is 0 Å². The number of aromatic hydroxyl groups is 1. The average molecular weight is 442 g/mol. The standard InChI is InChI=1S/C23H23NO6S/c1-16(2)15-24(17-8-13-21(23(26)27)22(25)14-17)31(28,29)20-11-9-19(10-12-20)30-18-6-4-3-5-7-18/h3-14,16,25H,15H2,1-2H3,(H,26,27). The smallest absolute Gasteiger partial charge is 0.339 e. The van der Waals surface area contributed by atoms with Crippen molar-refractivity contribution < 1.29 is 28.2 Å². The fourth-order valence-electron chi connectivity index (χ4n) is 2.96. The number of hydrogen-bond acceptors (Lipinski definition) is 5. The van der Waals surface area contributed by atoms with Crippen molar-refractivity contribution in [1.29, 1.82) is 0 Å². The van der Waals surface area contributed by atoms with E-state index < -0.39 is 21.7 Å². The quantitative estimate of drug-likeness (QED) is 0.524. The zero-order valence-corrected chi connectivity index (χ0v) is 17.9. The number of ether oxygens (including phenoxy) is 1. The van der Waals surface area contributed by atoms with E-state index in [-0.39, 0.29) is 28.6 Å². The van der Waals surface area contributed by atoms with Crippen LogP contribution >= 0.6 is 0 Å². The highest BCUT2D eigenvalue weighted by molar-refractivity contribution is 7.92. The SMILES string of the molecule is CC(C)CN(c1ccc(C(=O)O)c(O)c1)S(=O)(=O)c1ccc(Oc2ccccc2)cc1. The molecular formula is C23H23NO6S. The lowest BCUT2D eigenvalue weighted by atomic mass is 10.1. The van der Waals surface area contributed by atoms with Crippen molar-refractivity contribution in [3.8, 4) is 17.2 Å². The van der Waals surface area contributed by atoms with E-state index in [4.69, 9.17) is 9.84 Å². The second-order valence-electron chi connectivity index (χ2n) is 7.32. The van der Waals surface area contributed by atoms with Crippen molar-refractivity contribution >= 4 is 21.7 Å². The number of anilines is 1. The van der Waals surface area contributed by atoms with Gasteiger partial charge in [-0.3, -0.25) is 4.31 Å². The van der Waals surface area contributed by atoms with Crippen LogP contribution in [0.25, 0.3) is 0 Å². The van der Waals surface area contributed by atoms with Gasteiger partial charge in [0, 0.05) is 12.6 Å². The molecule has 0 saturated carbocycles. The van der Waals surface area contributed by atoms with Crippen molar-refractivity contribution in [2.45, 2.75) is 18.7 Å². The van der Waals surface area contributed by atoms with Crippen LogP contribution in [-0.2, 0) is 10.0 Å². The van der Waals surface area contributed by atoms with Crippen LogP contribution in [0, 0.1) is 5.92 Å². The Morgan fingerprint density at radius 3 is 2.13 bits per heavy atom. The molecule has 0 aromatic heterocycles. The number of rotatable bonds is 8. The molecule has 0 atom stereocenters. The lowest BCUT2D eigenvalue weighted by Crippen LogP contribution is -2.34. The summed E-state index contributed by atoms with van der Waals surface area (Å²) in [5, 5.41) is 19.1. The summed E-state index contributed by atoms with van der Waals surface area (Å²) in [5.74, 6) is -0.689. The molecule has 31 heavy (non-hydrogen) atoms. The molecule has 0 aliphatic heterocycles. The molecule has 162 valence electrons. The largest absolute Gasteiger partial charge is 0.507 e. The summed E-state index contributed by atoms with van der Waals surface area (Å²) < 4.78 is 33.6. The van der Waals surface area contributed by atoms with Crippen LogP contribution in [0.1, 0.15) is 24.2 Å². The zero-order valence-electron chi connectivity index (χ0n) is 17.1. The highest BCUT2D eigenvalue weighted by atomic mass is 32.2. The minimum Gasteiger partial charge on any atom is -0.507 e. The van der Waals surface area contributed by atoms with Gasteiger partial charge in [0.05, 0.1) is 10.6 Å². The molecule has 7 nitrogen and oxygen atoms in total. The highest BCUT2D eigenvalue weighted by Crippen LogP contribution is 2.31. The van der Waals surface area contributed by atoms with Gasteiger partial charge in [0.15, 0.2) is 0 Å². The second kappa shape index (κ2) is 9.09. The molecular weight excluding hydrogens is 418 g/mol. The first-order valence-electron chi connectivity index (χ1n) is 9.60. The minimum atomic E-state index is -3.97. The first-order chi connectivity index (χ1) is 14.7. The van der Waals surface area contributed by atoms with E-state index in [0.29, 0.717) is 11.5 Å². The van der Waals surface area contributed by atoms with E-state index in [1.807, 2.05) is 32.0 Å². The third kappa shape index (κ3) is 5.16. The van der Waals surface area contributed by atoms with E-state index in [1.54, 1.807) is 24.3 Å². The van der Waals surface area contributed by atoms with Crippen LogP contribution < -0.4 is 9.04 Å². The van der Waals surface area contributed by atoms with Gasteiger partial charge in [0.1, 0.15) is 22.8 Å². The van der Waals surface area contributed by atoms with E-state index >= 15 is 0 Å². The van der Waals surface area contributed by atoms with Crippen LogP contribution in [0.4, 0.5) is 5.69 Å². The molecule has 0 amide bonds. The normalized spacial score (nSPS) is 11.3.